The van der Waals surface area contributed by atoms with E-state index < -0.39 is 23.9 Å². The number of carbonyl (C=O) groups excluding carboxylic acids is 3. The monoisotopic (exact) mass is 395 g/mol. The molecule has 4 nitrogen and oxygen atoms in total. The molecule has 0 heterocycles. The lowest BCUT2D eigenvalue weighted by atomic mass is 9.86. The third-order valence-corrected chi connectivity index (χ3v) is 5.60. The zero-order chi connectivity index (χ0) is 21.1. The zero-order valence-electron chi connectivity index (χ0n) is 17.0. The maximum absolute atomic E-state index is 14.2. The summed E-state index contributed by atoms with van der Waals surface area (Å²) in [5.41, 5.74) is 4.10. The lowest BCUT2D eigenvalue weighted by molar-refractivity contribution is -0.127. The summed E-state index contributed by atoms with van der Waals surface area (Å²) in [7, 11) is 0. The summed E-state index contributed by atoms with van der Waals surface area (Å²) >= 11 is 0. The van der Waals surface area contributed by atoms with E-state index in [4.69, 9.17) is 0 Å². The van der Waals surface area contributed by atoms with E-state index in [1.165, 1.54) is 0 Å². The number of amides is 1. The van der Waals surface area contributed by atoms with E-state index in [1.807, 2.05) is 32.9 Å². The van der Waals surface area contributed by atoms with Crippen LogP contribution in [0.15, 0.2) is 42.5 Å². The largest absolute Gasteiger partial charge is 0.353 e. The molecule has 0 aliphatic heterocycles. The van der Waals surface area contributed by atoms with Crippen molar-refractivity contribution in [1.29, 1.82) is 0 Å². The summed E-state index contributed by atoms with van der Waals surface area (Å²) < 4.78 is 14.2. The minimum atomic E-state index is -1.75. The topological polar surface area (TPSA) is 63.2 Å². The number of aryl methyl sites for hydroxylation is 3. The molecule has 2 aromatic carbocycles. The van der Waals surface area contributed by atoms with Gasteiger partial charge in [0.15, 0.2) is 5.78 Å². The number of nitrogens with one attached hydrogen (secondary N) is 1. The van der Waals surface area contributed by atoms with E-state index in [9.17, 15) is 18.8 Å². The Morgan fingerprint density at radius 3 is 2.34 bits per heavy atom. The Kier molecular flexibility index (Phi) is 6.26. The van der Waals surface area contributed by atoms with Crippen molar-refractivity contribution >= 4 is 17.5 Å². The van der Waals surface area contributed by atoms with Crippen molar-refractivity contribution in [1.82, 2.24) is 5.32 Å². The Bertz CT molecular complexity index is 915. The SMILES string of the molecule is Cc1cc(C)c(C2C(=O)CC(CCNC(=O)C(F)c3ccccc3)C2=O)c(C)c1. The first-order valence-corrected chi connectivity index (χ1v) is 9.90. The predicted molar refractivity (Wildman–Crippen MR) is 109 cm³/mol. The fraction of sp³-hybridized carbons (Fsp3) is 0.375. The molecule has 1 N–H and O–H groups in total. The summed E-state index contributed by atoms with van der Waals surface area (Å²) in [5, 5.41) is 2.55. The van der Waals surface area contributed by atoms with Crippen LogP contribution in [0.1, 0.15) is 52.7 Å². The van der Waals surface area contributed by atoms with E-state index in [2.05, 4.69) is 5.32 Å². The first-order chi connectivity index (χ1) is 13.8. The van der Waals surface area contributed by atoms with Crippen LogP contribution in [0.25, 0.3) is 0 Å². The van der Waals surface area contributed by atoms with Gasteiger partial charge in [0.2, 0.25) is 6.17 Å². The number of carbonyl (C=O) groups is 3. The van der Waals surface area contributed by atoms with E-state index in [1.54, 1.807) is 30.3 Å². The van der Waals surface area contributed by atoms with Crippen LogP contribution in [0.2, 0.25) is 0 Å². The second-order valence-corrected chi connectivity index (χ2v) is 7.87. The maximum atomic E-state index is 14.2. The minimum Gasteiger partial charge on any atom is -0.353 e. The molecule has 0 saturated heterocycles. The molecule has 0 aromatic heterocycles. The van der Waals surface area contributed by atoms with Crippen LogP contribution in [-0.4, -0.2) is 24.0 Å². The Morgan fingerprint density at radius 1 is 1.10 bits per heavy atom. The molecule has 0 bridgehead atoms. The lowest BCUT2D eigenvalue weighted by Crippen LogP contribution is -2.30. The molecule has 2 aromatic rings. The molecule has 1 fully saturated rings. The van der Waals surface area contributed by atoms with Gasteiger partial charge in [0.05, 0.1) is 0 Å². The van der Waals surface area contributed by atoms with Gasteiger partial charge in [-0.2, -0.15) is 0 Å². The molecule has 29 heavy (non-hydrogen) atoms. The van der Waals surface area contributed by atoms with Gasteiger partial charge in [-0.05, 0) is 49.4 Å². The van der Waals surface area contributed by atoms with Gasteiger partial charge in [-0.3, -0.25) is 14.4 Å². The number of hydrogen-bond donors (Lipinski definition) is 1. The van der Waals surface area contributed by atoms with Crippen LogP contribution < -0.4 is 5.32 Å². The van der Waals surface area contributed by atoms with Crippen molar-refractivity contribution < 1.29 is 18.8 Å². The van der Waals surface area contributed by atoms with Gasteiger partial charge in [0.1, 0.15) is 11.7 Å². The average molecular weight is 395 g/mol. The van der Waals surface area contributed by atoms with E-state index in [0.29, 0.717) is 12.0 Å². The molecule has 152 valence electrons. The van der Waals surface area contributed by atoms with Crippen molar-refractivity contribution in [3.05, 3.63) is 70.3 Å². The molecule has 3 unspecified atom stereocenters. The van der Waals surface area contributed by atoms with Crippen molar-refractivity contribution in [2.75, 3.05) is 6.54 Å². The van der Waals surface area contributed by atoms with Crippen LogP contribution in [0, 0.1) is 26.7 Å². The Morgan fingerprint density at radius 2 is 1.72 bits per heavy atom. The van der Waals surface area contributed by atoms with Crippen LogP contribution in [0.5, 0.6) is 0 Å². The molecular formula is C24H26FNO3. The molecule has 1 saturated carbocycles. The first kappa shape index (κ1) is 20.9. The fourth-order valence-corrected chi connectivity index (χ4v) is 4.28. The highest BCUT2D eigenvalue weighted by Crippen LogP contribution is 2.37. The van der Waals surface area contributed by atoms with Crippen molar-refractivity contribution in [2.45, 2.75) is 45.7 Å². The van der Waals surface area contributed by atoms with Gasteiger partial charge in [-0.15, -0.1) is 0 Å². The molecule has 3 rings (SSSR count). The second kappa shape index (κ2) is 8.68. The number of rotatable bonds is 6. The molecule has 3 atom stereocenters. The van der Waals surface area contributed by atoms with Gasteiger partial charge in [-0.1, -0.05) is 48.0 Å². The highest BCUT2D eigenvalue weighted by molar-refractivity contribution is 6.15. The number of alkyl halides is 1. The molecule has 5 heteroatoms. The zero-order valence-corrected chi connectivity index (χ0v) is 17.0. The predicted octanol–water partition coefficient (Wildman–Crippen LogP) is 4.07. The molecule has 1 aliphatic carbocycles. The molecule has 1 aliphatic rings. The van der Waals surface area contributed by atoms with Gasteiger partial charge in [0, 0.05) is 18.9 Å². The Labute approximate surface area is 170 Å². The number of benzene rings is 2. The van der Waals surface area contributed by atoms with Gasteiger partial charge < -0.3 is 5.32 Å². The number of Topliss-reactive ketones (excluding diaryl/α,β-unsaturated/α-hetero) is 2. The van der Waals surface area contributed by atoms with Crippen molar-refractivity contribution in [2.24, 2.45) is 5.92 Å². The quantitative estimate of drug-likeness (QED) is 0.750. The van der Waals surface area contributed by atoms with E-state index >= 15 is 0 Å². The van der Waals surface area contributed by atoms with Gasteiger partial charge in [-0.25, -0.2) is 4.39 Å². The summed E-state index contributed by atoms with van der Waals surface area (Å²) in [6.07, 6.45) is -1.25. The Balaban J connectivity index is 1.62. The first-order valence-electron chi connectivity index (χ1n) is 9.90. The van der Waals surface area contributed by atoms with E-state index in [-0.39, 0.29) is 24.5 Å². The molecule has 0 radical (unpaired) electrons. The molecule has 0 spiro atoms. The van der Waals surface area contributed by atoms with Crippen LogP contribution in [0.4, 0.5) is 4.39 Å². The number of ketones is 2. The summed E-state index contributed by atoms with van der Waals surface area (Å²) in [6, 6.07) is 12.2. The Hall–Kier alpha value is -2.82. The third-order valence-electron chi connectivity index (χ3n) is 5.60. The number of hydrogen-bond acceptors (Lipinski definition) is 3. The lowest BCUT2D eigenvalue weighted by Gasteiger charge is -2.16. The standard InChI is InChI=1S/C24H26FNO3/c1-14-11-15(2)20(16(3)12-14)21-19(27)13-18(23(21)28)9-10-26-24(29)22(25)17-7-5-4-6-8-17/h4-8,11-12,18,21-22H,9-10,13H2,1-3H3,(H,26,29). The van der Waals surface area contributed by atoms with Crippen LogP contribution >= 0.6 is 0 Å². The van der Waals surface area contributed by atoms with Crippen molar-refractivity contribution in [3.63, 3.8) is 0 Å². The highest BCUT2D eigenvalue weighted by atomic mass is 19.1. The summed E-state index contributed by atoms with van der Waals surface area (Å²) in [4.78, 5) is 37.6. The normalized spacial score (nSPS) is 20.0. The van der Waals surface area contributed by atoms with Gasteiger partial charge >= 0.3 is 0 Å². The van der Waals surface area contributed by atoms with Crippen LogP contribution in [-0.2, 0) is 14.4 Å². The van der Waals surface area contributed by atoms with Crippen molar-refractivity contribution in [3.8, 4) is 0 Å². The smallest absolute Gasteiger partial charge is 0.259 e. The maximum Gasteiger partial charge on any atom is 0.259 e. The van der Waals surface area contributed by atoms with Gasteiger partial charge in [0.25, 0.3) is 5.91 Å². The fourth-order valence-electron chi connectivity index (χ4n) is 4.28. The van der Waals surface area contributed by atoms with E-state index in [0.717, 1.165) is 22.3 Å². The number of halogens is 1. The highest BCUT2D eigenvalue weighted by Gasteiger charge is 2.42. The van der Waals surface area contributed by atoms with Crippen LogP contribution in [0.3, 0.4) is 0 Å². The molecular weight excluding hydrogens is 369 g/mol. The third kappa shape index (κ3) is 4.44. The average Bonchev–Trinajstić information content (AvgIpc) is 2.95. The second-order valence-electron chi connectivity index (χ2n) is 7.87. The molecule has 1 amide bonds. The summed E-state index contributed by atoms with van der Waals surface area (Å²) in [5.74, 6) is -2.07. The minimum absolute atomic E-state index is 0.0750. The summed E-state index contributed by atoms with van der Waals surface area (Å²) in [6.45, 7) is 6.00.